The molecule has 2 heterocycles. The van der Waals surface area contributed by atoms with Crippen molar-refractivity contribution in [3.63, 3.8) is 0 Å². The summed E-state index contributed by atoms with van der Waals surface area (Å²) in [4.78, 5) is 41.1. The quantitative estimate of drug-likeness (QED) is 0.432. The van der Waals surface area contributed by atoms with Crippen LogP contribution in [0.4, 0.5) is 16.2 Å². The van der Waals surface area contributed by atoms with Crippen LogP contribution in [0, 0.1) is 0 Å². The molecule has 0 bridgehead atoms. The van der Waals surface area contributed by atoms with Gasteiger partial charge in [0, 0.05) is 28.0 Å². The van der Waals surface area contributed by atoms with Crippen molar-refractivity contribution in [3.05, 3.63) is 64.3 Å². The Morgan fingerprint density at radius 2 is 1.89 bits per heavy atom. The molecular weight excluding hydrogens is 464 g/mol. The summed E-state index contributed by atoms with van der Waals surface area (Å²) in [6.45, 7) is 10.8. The number of fused-ring (bicyclic) bond motifs is 1. The number of imide groups is 1. The first kappa shape index (κ1) is 24.8. The Morgan fingerprint density at radius 3 is 2.54 bits per heavy atom. The molecule has 1 fully saturated rings. The number of amides is 4. The summed E-state index contributed by atoms with van der Waals surface area (Å²) < 4.78 is 0. The van der Waals surface area contributed by atoms with E-state index in [1.807, 2.05) is 6.07 Å². The Balaban J connectivity index is 1.52. The lowest BCUT2D eigenvalue weighted by Crippen LogP contribution is -2.51. The number of hydrogen-bond donors (Lipinski definition) is 2. The van der Waals surface area contributed by atoms with Crippen molar-refractivity contribution in [3.8, 4) is 0 Å². The summed E-state index contributed by atoms with van der Waals surface area (Å²) in [7, 11) is 0. The lowest BCUT2D eigenvalue weighted by Gasteiger charge is -2.50. The molecule has 8 heteroatoms. The average molecular weight is 495 g/mol. The van der Waals surface area contributed by atoms with Gasteiger partial charge in [0.15, 0.2) is 0 Å². The maximum absolute atomic E-state index is 12.9. The molecule has 1 unspecified atom stereocenters. The Labute approximate surface area is 211 Å². The zero-order valence-electron chi connectivity index (χ0n) is 20.7. The summed E-state index contributed by atoms with van der Waals surface area (Å²) in [5.74, 6) is -0.650. The topological polar surface area (TPSA) is 81.8 Å². The highest BCUT2D eigenvalue weighted by molar-refractivity contribution is 6.30. The first-order chi connectivity index (χ1) is 16.5. The van der Waals surface area contributed by atoms with Gasteiger partial charge in [-0.1, -0.05) is 24.6 Å². The number of nitrogens with one attached hydrogen (secondary N) is 2. The van der Waals surface area contributed by atoms with Crippen LogP contribution >= 0.6 is 11.6 Å². The molecule has 2 aromatic carbocycles. The molecule has 7 nitrogen and oxygen atoms in total. The molecule has 0 radical (unpaired) electrons. The van der Waals surface area contributed by atoms with Gasteiger partial charge in [-0.3, -0.25) is 9.59 Å². The van der Waals surface area contributed by atoms with Crippen LogP contribution in [0.3, 0.4) is 0 Å². The third kappa shape index (κ3) is 5.05. The maximum Gasteiger partial charge on any atom is 0.329 e. The molecule has 2 aliphatic rings. The van der Waals surface area contributed by atoms with E-state index in [2.05, 4.69) is 62.3 Å². The minimum atomic E-state index is -0.619. The fourth-order valence-electron chi connectivity index (χ4n) is 5.30. The normalized spacial score (nSPS) is 20.3. The van der Waals surface area contributed by atoms with Crippen molar-refractivity contribution in [2.45, 2.75) is 58.5 Å². The Morgan fingerprint density at radius 1 is 1.20 bits per heavy atom. The molecule has 1 atom stereocenters. The number of hydrogen-bond acceptors (Lipinski definition) is 4. The van der Waals surface area contributed by atoms with Crippen LogP contribution in [-0.2, 0) is 9.59 Å². The summed E-state index contributed by atoms with van der Waals surface area (Å²) in [5.41, 5.74) is 3.98. The molecule has 0 saturated carbocycles. The van der Waals surface area contributed by atoms with Crippen LogP contribution in [0.1, 0.15) is 58.1 Å². The van der Waals surface area contributed by atoms with E-state index in [4.69, 9.17) is 11.6 Å². The van der Waals surface area contributed by atoms with Crippen molar-refractivity contribution in [1.82, 2.24) is 10.2 Å². The molecule has 0 aromatic heterocycles. The number of anilines is 2. The zero-order valence-corrected chi connectivity index (χ0v) is 21.4. The van der Waals surface area contributed by atoms with Gasteiger partial charge in [0.25, 0.3) is 5.91 Å². The number of carbonyl (C=O) groups is 3. The van der Waals surface area contributed by atoms with E-state index < -0.39 is 17.8 Å². The molecule has 4 amide bonds. The predicted molar refractivity (Wildman–Crippen MR) is 139 cm³/mol. The average Bonchev–Trinajstić information content (AvgIpc) is 3.02. The molecule has 0 aliphatic carbocycles. The molecule has 1 saturated heterocycles. The Bertz CT molecular complexity index is 1200. The van der Waals surface area contributed by atoms with E-state index >= 15 is 0 Å². The minimum absolute atomic E-state index is 0.0447. The SMILES string of the molecule is CC1CC(C)(C)N(C(C)C)c2ccc(/C=C3\NC(=O)N(CC(=O)Nc4ccc(Cl)cc4)C3=O)cc21. The molecule has 35 heavy (non-hydrogen) atoms. The van der Waals surface area contributed by atoms with E-state index in [0.717, 1.165) is 16.9 Å². The number of urea groups is 1. The van der Waals surface area contributed by atoms with Crippen molar-refractivity contribution in [2.24, 2.45) is 0 Å². The molecule has 4 rings (SSSR count). The van der Waals surface area contributed by atoms with E-state index in [9.17, 15) is 14.4 Å². The van der Waals surface area contributed by atoms with Crippen LogP contribution in [0.5, 0.6) is 0 Å². The van der Waals surface area contributed by atoms with Crippen LogP contribution in [0.25, 0.3) is 6.08 Å². The number of nitrogens with zero attached hydrogens (tertiary/aromatic N) is 2. The second kappa shape index (κ2) is 9.38. The van der Waals surface area contributed by atoms with E-state index in [1.165, 1.54) is 11.3 Å². The van der Waals surface area contributed by atoms with Gasteiger partial charge in [0.05, 0.1) is 0 Å². The van der Waals surface area contributed by atoms with E-state index in [1.54, 1.807) is 30.3 Å². The number of rotatable bonds is 5. The minimum Gasteiger partial charge on any atom is -0.364 e. The van der Waals surface area contributed by atoms with Gasteiger partial charge in [-0.05, 0) is 93.6 Å². The van der Waals surface area contributed by atoms with Crippen molar-refractivity contribution in [2.75, 3.05) is 16.8 Å². The lowest BCUT2D eigenvalue weighted by atomic mass is 9.79. The highest BCUT2D eigenvalue weighted by Crippen LogP contribution is 2.44. The van der Waals surface area contributed by atoms with Gasteiger partial charge in [-0.15, -0.1) is 0 Å². The summed E-state index contributed by atoms with van der Waals surface area (Å²) >= 11 is 5.86. The van der Waals surface area contributed by atoms with Crippen LogP contribution in [0.15, 0.2) is 48.2 Å². The van der Waals surface area contributed by atoms with Crippen molar-refractivity contribution < 1.29 is 14.4 Å². The smallest absolute Gasteiger partial charge is 0.329 e. The Kier molecular flexibility index (Phi) is 6.64. The largest absolute Gasteiger partial charge is 0.364 e. The number of carbonyl (C=O) groups excluding carboxylic acids is 3. The van der Waals surface area contributed by atoms with Gasteiger partial charge >= 0.3 is 6.03 Å². The summed E-state index contributed by atoms with van der Waals surface area (Å²) in [6, 6.07) is 12.5. The number of benzene rings is 2. The fourth-order valence-corrected chi connectivity index (χ4v) is 5.42. The number of halogens is 1. The second-order valence-corrected chi connectivity index (χ2v) is 10.6. The van der Waals surface area contributed by atoms with Crippen molar-refractivity contribution >= 4 is 46.9 Å². The van der Waals surface area contributed by atoms with E-state index in [0.29, 0.717) is 22.7 Å². The summed E-state index contributed by atoms with van der Waals surface area (Å²) in [6.07, 6.45) is 2.69. The fraction of sp³-hybridized carbons (Fsp3) is 0.370. The van der Waals surface area contributed by atoms with Gasteiger partial charge in [0.1, 0.15) is 12.2 Å². The van der Waals surface area contributed by atoms with E-state index in [-0.39, 0.29) is 17.8 Å². The monoisotopic (exact) mass is 494 g/mol. The molecule has 184 valence electrons. The highest BCUT2D eigenvalue weighted by atomic mass is 35.5. The van der Waals surface area contributed by atoms with Gasteiger partial charge in [0.2, 0.25) is 5.91 Å². The van der Waals surface area contributed by atoms with Crippen molar-refractivity contribution in [1.29, 1.82) is 0 Å². The van der Waals surface area contributed by atoms with Gasteiger partial charge in [-0.2, -0.15) is 0 Å². The van der Waals surface area contributed by atoms with Crippen LogP contribution in [0.2, 0.25) is 5.02 Å². The molecule has 2 aromatic rings. The maximum atomic E-state index is 12.9. The van der Waals surface area contributed by atoms with Gasteiger partial charge in [-0.25, -0.2) is 9.69 Å². The predicted octanol–water partition coefficient (Wildman–Crippen LogP) is 5.37. The second-order valence-electron chi connectivity index (χ2n) is 10.1. The first-order valence-corrected chi connectivity index (χ1v) is 12.2. The van der Waals surface area contributed by atoms with Crippen LogP contribution in [-0.4, -0.2) is 40.9 Å². The molecule has 2 N–H and O–H groups in total. The molecule has 2 aliphatic heterocycles. The zero-order chi connectivity index (χ0) is 25.5. The summed E-state index contributed by atoms with van der Waals surface area (Å²) in [5, 5.41) is 5.81. The lowest BCUT2D eigenvalue weighted by molar-refractivity contribution is -0.127. The highest BCUT2D eigenvalue weighted by Gasteiger charge is 2.38. The standard InChI is InChI=1S/C27H31ClN4O3/c1-16(2)32-23-11-6-18(12-21(23)17(3)14-27(32,4)5)13-22-25(34)31(26(35)30-22)15-24(33)29-20-9-7-19(28)8-10-20/h6-13,16-17H,14-15H2,1-5H3,(H,29,33)(H,30,35)/b22-13-. The third-order valence-corrected chi connectivity index (χ3v) is 6.77. The third-order valence-electron chi connectivity index (χ3n) is 6.52. The first-order valence-electron chi connectivity index (χ1n) is 11.8. The van der Waals surface area contributed by atoms with Gasteiger partial charge < -0.3 is 15.5 Å². The molecule has 0 spiro atoms. The Hall–Kier alpha value is -3.32. The molecular formula is C27H31ClN4O3. The van der Waals surface area contributed by atoms with Crippen LogP contribution < -0.4 is 15.5 Å².